The normalized spacial score (nSPS) is 31.6. The van der Waals surface area contributed by atoms with E-state index in [1.54, 1.807) is 0 Å². The van der Waals surface area contributed by atoms with Crippen molar-refractivity contribution in [3.8, 4) is 0 Å². The summed E-state index contributed by atoms with van der Waals surface area (Å²) in [7, 11) is -5.65. The fourth-order valence-corrected chi connectivity index (χ4v) is 10.3. The molecule has 8 atom stereocenters. The molecule has 1 aromatic rings. The van der Waals surface area contributed by atoms with Crippen LogP contribution in [0.15, 0.2) is 18.2 Å². The van der Waals surface area contributed by atoms with Gasteiger partial charge < -0.3 is 9.47 Å². The van der Waals surface area contributed by atoms with Gasteiger partial charge in [-0.05, 0) is 91.7 Å². The Labute approximate surface area is 244 Å². The molecule has 228 valence electrons. The van der Waals surface area contributed by atoms with Crippen LogP contribution in [0.1, 0.15) is 80.3 Å². The number of esters is 1. The average molecular weight is 616 g/mol. The summed E-state index contributed by atoms with van der Waals surface area (Å²) < 4.78 is 68.7. The largest absolute Gasteiger partial charge is 0.462 e. The van der Waals surface area contributed by atoms with Gasteiger partial charge in [0.05, 0.1) is 13.2 Å². The smallest absolute Gasteiger partial charge is 0.380 e. The Bertz CT molecular complexity index is 1260. The van der Waals surface area contributed by atoms with Crippen molar-refractivity contribution in [2.75, 3.05) is 24.7 Å². The highest BCUT2D eigenvalue weighted by atomic mass is 32.2. The van der Waals surface area contributed by atoms with Crippen molar-refractivity contribution in [2.45, 2.75) is 81.8 Å². The lowest BCUT2D eigenvalue weighted by molar-refractivity contribution is -0.157. The van der Waals surface area contributed by atoms with Crippen LogP contribution < -0.4 is 0 Å². The summed E-state index contributed by atoms with van der Waals surface area (Å²) in [5, 5.41) is -4.58. The number of fused-ring (bicyclic) bond motifs is 5. The predicted molar refractivity (Wildman–Crippen MR) is 153 cm³/mol. The topological polar surface area (TPSA) is 107 Å². The summed E-state index contributed by atoms with van der Waals surface area (Å²) >= 11 is 0. The van der Waals surface area contributed by atoms with Gasteiger partial charge in [0, 0.05) is 16.5 Å². The minimum atomic E-state index is -5.68. The Morgan fingerprint density at radius 2 is 1.78 bits per heavy atom. The lowest BCUT2D eigenvalue weighted by Crippen LogP contribution is -2.38. The molecule has 11 heteroatoms. The number of aryl methyl sites for hydroxylation is 1. The molecule has 3 saturated carbocycles. The van der Waals surface area contributed by atoms with Gasteiger partial charge in [0.1, 0.15) is 24.0 Å². The van der Waals surface area contributed by atoms with Crippen molar-refractivity contribution < 1.29 is 40.8 Å². The minimum absolute atomic E-state index is 0.0201. The molecule has 1 N–H and O–H groups in total. The summed E-state index contributed by atoms with van der Waals surface area (Å²) in [6, 6.07) is 6.38. The maximum atomic E-state index is 13.7. The van der Waals surface area contributed by atoms with Gasteiger partial charge >= 0.3 is 21.3 Å². The van der Waals surface area contributed by atoms with Crippen LogP contribution in [0.5, 0.6) is 0 Å². The molecular weight excluding hydrogens is 574 g/mol. The van der Waals surface area contributed by atoms with E-state index in [4.69, 9.17) is 14.0 Å². The molecule has 1 aliphatic heterocycles. The number of hydrogen-bond donors (Lipinski definition) is 1. The highest BCUT2D eigenvalue weighted by molar-refractivity contribution is 7.98. The van der Waals surface area contributed by atoms with Gasteiger partial charge in [0.25, 0.3) is 0 Å². The van der Waals surface area contributed by atoms with Crippen molar-refractivity contribution >= 4 is 32.8 Å². The molecule has 0 radical (unpaired) electrons. The molecule has 5 rings (SSSR count). The molecule has 1 saturated heterocycles. The molecule has 4 fully saturated rings. The highest BCUT2D eigenvalue weighted by Gasteiger charge is 2.58. The van der Waals surface area contributed by atoms with Crippen molar-refractivity contribution in [3.05, 3.63) is 34.9 Å². The van der Waals surface area contributed by atoms with Crippen LogP contribution >= 0.6 is 0 Å². The Morgan fingerprint density at radius 1 is 1.10 bits per heavy atom. The van der Waals surface area contributed by atoms with Crippen molar-refractivity contribution in [3.63, 3.8) is 0 Å². The number of rotatable bonds is 10. The van der Waals surface area contributed by atoms with E-state index in [0.717, 1.165) is 61.5 Å². The fourth-order valence-electron chi connectivity index (χ4n) is 8.01. The summed E-state index contributed by atoms with van der Waals surface area (Å²) in [6.07, 6.45) is 2.10. The van der Waals surface area contributed by atoms with Gasteiger partial charge in [-0.3, -0.25) is 14.1 Å². The lowest BCUT2D eigenvalue weighted by Gasteiger charge is -2.31. The zero-order valence-corrected chi connectivity index (χ0v) is 25.5. The number of benzene rings is 1. The molecule has 1 heterocycles. The van der Waals surface area contributed by atoms with Crippen LogP contribution in [0.2, 0.25) is 0 Å². The number of alkyl halides is 2. The van der Waals surface area contributed by atoms with E-state index >= 15 is 0 Å². The van der Waals surface area contributed by atoms with E-state index in [9.17, 15) is 26.8 Å². The standard InChI is InChI=1S/C30H40F2O7S2/c1-4-19-5-6-20(11-24(19)29(34)18(3)40-9-7-38-8-10-40)17(2)21-12-23-22-14-26(25(23)13-21)27(15-22)39-28(33)16-30(31,32)41(35,36)37/h5-6,11,17-18,21-23,25-27H,4,7-10,12-16H2,1-3H3/p+1. The van der Waals surface area contributed by atoms with Crippen LogP contribution in [-0.2, 0) is 41.7 Å². The van der Waals surface area contributed by atoms with E-state index in [0.29, 0.717) is 30.1 Å². The molecule has 2 bridgehead atoms. The summed E-state index contributed by atoms with van der Waals surface area (Å²) in [5.41, 5.74) is 3.09. The molecule has 4 aliphatic rings. The zero-order valence-electron chi connectivity index (χ0n) is 23.9. The van der Waals surface area contributed by atoms with Crippen LogP contribution in [-0.4, -0.2) is 66.1 Å². The van der Waals surface area contributed by atoms with E-state index in [2.05, 4.69) is 39.0 Å². The molecule has 1 aromatic carbocycles. The molecule has 0 amide bonds. The fraction of sp³-hybridized carbons (Fsp3) is 0.733. The number of ether oxygens (including phenoxy) is 2. The second kappa shape index (κ2) is 11.8. The molecular formula is C30H41F2O7S2+. The summed E-state index contributed by atoms with van der Waals surface area (Å²) in [6.45, 7) is 7.81. The van der Waals surface area contributed by atoms with Crippen LogP contribution in [0.3, 0.4) is 0 Å². The third-order valence-corrected chi connectivity index (χ3v) is 13.8. The van der Waals surface area contributed by atoms with E-state index < -0.39 is 33.9 Å². The first-order valence-corrected chi connectivity index (χ1v) is 17.8. The van der Waals surface area contributed by atoms with Gasteiger partial charge in [-0.25, -0.2) is 0 Å². The molecule has 0 aromatic heterocycles. The molecule has 3 aliphatic carbocycles. The average Bonchev–Trinajstić information content (AvgIpc) is 3.63. The van der Waals surface area contributed by atoms with Gasteiger partial charge in [-0.15, -0.1) is 0 Å². The van der Waals surface area contributed by atoms with Crippen molar-refractivity contribution in [1.82, 2.24) is 0 Å². The van der Waals surface area contributed by atoms with Gasteiger partial charge in [-0.1, -0.05) is 26.0 Å². The van der Waals surface area contributed by atoms with E-state index in [1.807, 2.05) is 0 Å². The van der Waals surface area contributed by atoms with Crippen LogP contribution in [0.25, 0.3) is 0 Å². The quantitative estimate of drug-likeness (QED) is 0.170. The lowest BCUT2D eigenvalue weighted by atomic mass is 9.80. The predicted octanol–water partition coefficient (Wildman–Crippen LogP) is 5.04. The summed E-state index contributed by atoms with van der Waals surface area (Å²) in [4.78, 5) is 25.8. The SMILES string of the molecule is CCc1ccc(C(C)C2CC3C4CC(OC(=O)CC(F)(F)S(=O)(=O)O)C(C4)C3C2)cc1C(=O)C(C)[S+]1CCOCC1. The zero-order chi connectivity index (χ0) is 29.7. The van der Waals surface area contributed by atoms with E-state index in [-0.39, 0.29) is 33.8 Å². The van der Waals surface area contributed by atoms with Crippen molar-refractivity contribution in [2.24, 2.45) is 29.6 Å². The van der Waals surface area contributed by atoms with Gasteiger partial charge in [0.2, 0.25) is 5.78 Å². The first kappa shape index (κ1) is 30.9. The molecule has 8 unspecified atom stereocenters. The minimum Gasteiger partial charge on any atom is -0.462 e. The Morgan fingerprint density at radius 3 is 2.44 bits per heavy atom. The number of Topliss-reactive ketones (excluding diaryl/α,β-unsaturated/α-hetero) is 1. The van der Waals surface area contributed by atoms with Crippen LogP contribution in [0.4, 0.5) is 8.78 Å². The van der Waals surface area contributed by atoms with Crippen LogP contribution in [0, 0.1) is 29.6 Å². The maximum Gasteiger partial charge on any atom is 0.380 e. The third-order valence-electron chi connectivity index (χ3n) is 10.3. The Hall–Kier alpha value is -1.56. The van der Waals surface area contributed by atoms with E-state index in [1.165, 1.54) is 5.56 Å². The first-order chi connectivity index (χ1) is 19.3. The maximum absolute atomic E-state index is 13.7. The van der Waals surface area contributed by atoms with Gasteiger partial charge in [-0.2, -0.15) is 17.2 Å². The molecule has 7 nitrogen and oxygen atoms in total. The number of carbonyl (C=O) groups is 2. The highest BCUT2D eigenvalue weighted by Crippen LogP contribution is 2.62. The second-order valence-electron chi connectivity index (χ2n) is 12.4. The second-order valence-corrected chi connectivity index (χ2v) is 16.5. The molecule has 0 spiro atoms. The Balaban J connectivity index is 1.24. The summed E-state index contributed by atoms with van der Waals surface area (Å²) in [5.74, 6) is 2.70. The number of carbonyl (C=O) groups excluding carboxylic acids is 2. The number of halogens is 2. The number of hydrogen-bond acceptors (Lipinski definition) is 6. The monoisotopic (exact) mass is 615 g/mol. The number of ketones is 1. The third kappa shape index (κ3) is 6.10. The van der Waals surface area contributed by atoms with Crippen molar-refractivity contribution in [1.29, 1.82) is 0 Å². The Kier molecular flexibility index (Phi) is 8.92. The molecule has 41 heavy (non-hydrogen) atoms. The first-order valence-electron chi connectivity index (χ1n) is 14.8. The van der Waals surface area contributed by atoms with Gasteiger partial charge in [0.15, 0.2) is 5.25 Å².